The molecule has 4 heteroatoms. The first-order valence-electron chi connectivity index (χ1n) is 6.98. The van der Waals surface area contributed by atoms with Gasteiger partial charge in [0.1, 0.15) is 0 Å². The van der Waals surface area contributed by atoms with Gasteiger partial charge in [0, 0.05) is 43.0 Å². The summed E-state index contributed by atoms with van der Waals surface area (Å²) in [6, 6.07) is 17.2. The van der Waals surface area contributed by atoms with Crippen LogP contribution < -0.4 is 10.3 Å². The molecule has 0 aliphatic rings. The van der Waals surface area contributed by atoms with E-state index in [0.29, 0.717) is 0 Å². The Bertz CT molecular complexity index is 824. The zero-order chi connectivity index (χ0) is 15.5. The molecule has 22 heavy (non-hydrogen) atoms. The van der Waals surface area contributed by atoms with Crippen molar-refractivity contribution < 1.29 is 0 Å². The average molecular weight is 308 g/mol. The molecule has 3 aromatic rings. The maximum Gasteiger partial charge on any atom is 0.181 e. The monoisotopic (exact) mass is 308 g/mol. The van der Waals surface area contributed by atoms with Crippen molar-refractivity contribution in [2.24, 2.45) is 0 Å². The van der Waals surface area contributed by atoms with Gasteiger partial charge in [0.15, 0.2) is 5.43 Å². The Morgan fingerprint density at radius 3 is 2.32 bits per heavy atom. The van der Waals surface area contributed by atoms with E-state index in [0.717, 1.165) is 26.7 Å². The van der Waals surface area contributed by atoms with Gasteiger partial charge in [0.2, 0.25) is 0 Å². The minimum Gasteiger partial charge on any atom is -0.378 e. The minimum atomic E-state index is 0.00564. The van der Waals surface area contributed by atoms with Crippen molar-refractivity contribution in [1.29, 1.82) is 0 Å². The second-order valence-corrected chi connectivity index (χ2v) is 6.26. The molecule has 0 spiro atoms. The zero-order valence-corrected chi connectivity index (χ0v) is 13.3. The van der Waals surface area contributed by atoms with Crippen LogP contribution in [-0.4, -0.2) is 19.1 Å². The predicted octanol–water partition coefficient (Wildman–Crippen LogP) is 3.90. The molecule has 0 unspecified atom stereocenters. The second kappa shape index (κ2) is 6.12. The van der Waals surface area contributed by atoms with Crippen LogP contribution in [0.5, 0.6) is 0 Å². The number of pyridine rings is 1. The fourth-order valence-electron chi connectivity index (χ4n) is 2.18. The van der Waals surface area contributed by atoms with E-state index in [4.69, 9.17) is 0 Å². The lowest BCUT2D eigenvalue weighted by molar-refractivity contribution is 1.13. The lowest BCUT2D eigenvalue weighted by Gasteiger charge is -2.12. The van der Waals surface area contributed by atoms with Crippen LogP contribution in [0.15, 0.2) is 65.6 Å². The van der Waals surface area contributed by atoms with Crippen LogP contribution in [0.25, 0.3) is 21.0 Å². The van der Waals surface area contributed by atoms with E-state index in [2.05, 4.69) is 22.0 Å². The number of nitrogens with zero attached hydrogens (tertiary/aromatic N) is 2. The molecule has 0 aliphatic heterocycles. The Morgan fingerprint density at radius 2 is 1.68 bits per heavy atom. The Labute approximate surface area is 133 Å². The third-order valence-electron chi connectivity index (χ3n) is 3.35. The molecule has 3 rings (SSSR count). The predicted molar refractivity (Wildman–Crippen MR) is 93.6 cm³/mol. The lowest BCUT2D eigenvalue weighted by atomic mass is 10.1. The van der Waals surface area contributed by atoms with Gasteiger partial charge in [-0.2, -0.15) is 0 Å². The molecule has 0 amide bonds. The van der Waals surface area contributed by atoms with E-state index in [-0.39, 0.29) is 5.43 Å². The van der Waals surface area contributed by atoms with Gasteiger partial charge in [-0.3, -0.25) is 9.78 Å². The van der Waals surface area contributed by atoms with E-state index >= 15 is 0 Å². The standard InChI is InChI=1S/C18H16N2OS/c1-20(2)14-8-6-13(7-9-14)17-11-15(21)12-18(22-17)16-5-3-4-10-19-16/h3-12H,1-2H3. The van der Waals surface area contributed by atoms with Crippen molar-refractivity contribution in [2.45, 2.75) is 0 Å². The summed E-state index contributed by atoms with van der Waals surface area (Å²) < 4.78 is 0. The smallest absolute Gasteiger partial charge is 0.181 e. The van der Waals surface area contributed by atoms with Gasteiger partial charge < -0.3 is 4.90 Å². The molecule has 2 heterocycles. The summed E-state index contributed by atoms with van der Waals surface area (Å²) in [7, 11) is 4.02. The molecule has 0 atom stereocenters. The number of rotatable bonds is 3. The normalized spacial score (nSPS) is 10.5. The average Bonchev–Trinajstić information content (AvgIpc) is 2.55. The molecular formula is C18H16N2OS. The summed E-state index contributed by atoms with van der Waals surface area (Å²) in [5, 5.41) is 0. The SMILES string of the molecule is CN(C)c1ccc(-c2cc(=O)cc(-c3ccccn3)s2)cc1. The molecule has 0 fully saturated rings. The van der Waals surface area contributed by atoms with Crippen molar-refractivity contribution in [3.63, 3.8) is 0 Å². The number of aromatic nitrogens is 1. The van der Waals surface area contributed by atoms with Gasteiger partial charge in [-0.15, -0.1) is 11.3 Å². The van der Waals surface area contributed by atoms with E-state index in [1.54, 1.807) is 29.7 Å². The fraction of sp³-hybridized carbons (Fsp3) is 0.111. The number of hydrogen-bond donors (Lipinski definition) is 0. The van der Waals surface area contributed by atoms with E-state index in [1.165, 1.54) is 0 Å². The van der Waals surface area contributed by atoms with Gasteiger partial charge in [-0.05, 0) is 29.8 Å². The molecule has 1 aromatic carbocycles. The van der Waals surface area contributed by atoms with Crippen LogP contribution in [0, 0.1) is 0 Å². The van der Waals surface area contributed by atoms with Gasteiger partial charge in [0.25, 0.3) is 0 Å². The summed E-state index contributed by atoms with van der Waals surface area (Å²) in [5.41, 5.74) is 3.02. The van der Waals surface area contributed by atoms with Crippen molar-refractivity contribution in [2.75, 3.05) is 19.0 Å². The molecule has 0 radical (unpaired) electrons. The number of hydrogen-bond acceptors (Lipinski definition) is 4. The van der Waals surface area contributed by atoms with Crippen LogP contribution in [0.3, 0.4) is 0 Å². The third-order valence-corrected chi connectivity index (χ3v) is 4.47. The molecule has 0 saturated heterocycles. The molecule has 0 N–H and O–H groups in total. The fourth-order valence-corrected chi connectivity index (χ4v) is 3.24. The van der Waals surface area contributed by atoms with Crippen LogP contribution in [0.1, 0.15) is 0 Å². The molecule has 2 aromatic heterocycles. The Kier molecular flexibility index (Phi) is 4.02. The maximum absolute atomic E-state index is 12.0. The highest BCUT2D eigenvalue weighted by atomic mass is 32.1. The minimum absolute atomic E-state index is 0.00564. The van der Waals surface area contributed by atoms with Crippen LogP contribution >= 0.6 is 11.3 Å². The third kappa shape index (κ3) is 3.07. The first-order chi connectivity index (χ1) is 10.6. The molecule has 0 aliphatic carbocycles. The van der Waals surface area contributed by atoms with Gasteiger partial charge in [-0.25, -0.2) is 0 Å². The van der Waals surface area contributed by atoms with E-state index in [1.807, 2.05) is 44.4 Å². The number of anilines is 1. The van der Waals surface area contributed by atoms with Crippen molar-refractivity contribution in [3.8, 4) is 21.0 Å². The van der Waals surface area contributed by atoms with Gasteiger partial charge in [-0.1, -0.05) is 18.2 Å². The summed E-state index contributed by atoms with van der Waals surface area (Å²) in [5.74, 6) is 0. The second-order valence-electron chi connectivity index (χ2n) is 5.18. The van der Waals surface area contributed by atoms with Crippen molar-refractivity contribution in [1.82, 2.24) is 4.98 Å². The lowest BCUT2D eigenvalue weighted by Crippen LogP contribution is -2.07. The van der Waals surface area contributed by atoms with Crippen molar-refractivity contribution >= 4 is 17.0 Å². The molecule has 110 valence electrons. The number of benzene rings is 1. The Balaban J connectivity index is 2.04. The highest BCUT2D eigenvalue weighted by Crippen LogP contribution is 2.30. The van der Waals surface area contributed by atoms with Crippen molar-refractivity contribution in [3.05, 3.63) is 71.0 Å². The summed E-state index contributed by atoms with van der Waals surface area (Å²) in [6.07, 6.45) is 1.74. The van der Waals surface area contributed by atoms with Gasteiger partial charge >= 0.3 is 0 Å². The molecular weight excluding hydrogens is 292 g/mol. The summed E-state index contributed by atoms with van der Waals surface area (Å²) in [4.78, 5) is 20.2. The molecule has 0 bridgehead atoms. The highest BCUT2D eigenvalue weighted by Gasteiger charge is 2.06. The molecule has 3 nitrogen and oxygen atoms in total. The maximum atomic E-state index is 12.0. The Morgan fingerprint density at radius 1 is 0.955 bits per heavy atom. The van der Waals surface area contributed by atoms with E-state index < -0.39 is 0 Å². The first kappa shape index (κ1) is 14.5. The quantitative estimate of drug-likeness (QED) is 0.735. The zero-order valence-electron chi connectivity index (χ0n) is 12.5. The Hall–Kier alpha value is -2.46. The highest BCUT2D eigenvalue weighted by molar-refractivity contribution is 7.18. The van der Waals surface area contributed by atoms with Crippen LogP contribution in [-0.2, 0) is 0 Å². The van der Waals surface area contributed by atoms with Gasteiger partial charge in [0.05, 0.1) is 10.6 Å². The van der Waals surface area contributed by atoms with Crippen LogP contribution in [0.4, 0.5) is 5.69 Å². The topological polar surface area (TPSA) is 33.2 Å². The summed E-state index contributed by atoms with van der Waals surface area (Å²) >= 11 is 1.58. The molecule has 0 saturated carbocycles. The first-order valence-corrected chi connectivity index (χ1v) is 7.79. The van der Waals surface area contributed by atoms with Crippen LogP contribution in [0.2, 0.25) is 0 Å². The summed E-state index contributed by atoms with van der Waals surface area (Å²) in [6.45, 7) is 0. The largest absolute Gasteiger partial charge is 0.378 e. The van der Waals surface area contributed by atoms with E-state index in [9.17, 15) is 4.79 Å².